The second-order valence-corrected chi connectivity index (χ2v) is 10.4. The van der Waals surface area contributed by atoms with Crippen molar-refractivity contribution in [2.75, 3.05) is 24.5 Å². The molecule has 0 amide bonds. The Balaban J connectivity index is 1.82. The molecule has 2 heterocycles. The minimum atomic E-state index is -4.52. The Morgan fingerprint density at radius 2 is 1.67 bits per heavy atom. The van der Waals surface area contributed by atoms with Crippen LogP contribution < -0.4 is 4.90 Å². The predicted molar refractivity (Wildman–Crippen MR) is 110 cm³/mol. The molecule has 1 aromatic carbocycles. The molecule has 5 nitrogen and oxygen atoms in total. The second-order valence-electron chi connectivity index (χ2n) is 8.56. The van der Waals surface area contributed by atoms with E-state index in [9.17, 15) is 21.6 Å². The Labute approximate surface area is 175 Å². The van der Waals surface area contributed by atoms with Gasteiger partial charge in [-0.05, 0) is 42.2 Å². The van der Waals surface area contributed by atoms with Gasteiger partial charge in [-0.3, -0.25) is 0 Å². The van der Waals surface area contributed by atoms with Gasteiger partial charge in [-0.1, -0.05) is 32.9 Å². The topological polar surface area (TPSA) is 53.5 Å². The quantitative estimate of drug-likeness (QED) is 0.713. The van der Waals surface area contributed by atoms with Gasteiger partial charge < -0.3 is 4.90 Å². The molecule has 0 unspecified atom stereocenters. The van der Waals surface area contributed by atoms with Crippen LogP contribution in [-0.2, 0) is 21.6 Å². The minimum absolute atomic E-state index is 0.0817. The summed E-state index contributed by atoms with van der Waals surface area (Å²) in [5.41, 5.74) is 0.112. The van der Waals surface area contributed by atoms with Crippen molar-refractivity contribution < 1.29 is 21.6 Å². The number of hydrogen-bond donors (Lipinski definition) is 0. The fraction of sp³-hybridized carbons (Fsp3) is 0.476. The lowest BCUT2D eigenvalue weighted by Crippen LogP contribution is -2.54. The first-order valence-corrected chi connectivity index (χ1v) is 11.2. The van der Waals surface area contributed by atoms with Crippen molar-refractivity contribution in [1.82, 2.24) is 9.29 Å². The van der Waals surface area contributed by atoms with E-state index in [-0.39, 0.29) is 35.8 Å². The highest BCUT2D eigenvalue weighted by molar-refractivity contribution is 7.89. The monoisotopic (exact) mass is 441 g/mol. The lowest BCUT2D eigenvalue weighted by atomic mass is 9.87. The lowest BCUT2D eigenvalue weighted by Gasteiger charge is -2.40. The lowest BCUT2D eigenvalue weighted by molar-refractivity contribution is -0.137. The minimum Gasteiger partial charge on any atom is -0.353 e. The van der Waals surface area contributed by atoms with Gasteiger partial charge in [-0.25, -0.2) is 13.4 Å². The van der Waals surface area contributed by atoms with Crippen molar-refractivity contribution in [3.8, 4) is 0 Å². The third-order valence-corrected chi connectivity index (χ3v) is 7.31. The van der Waals surface area contributed by atoms with E-state index in [1.54, 1.807) is 31.2 Å². The van der Waals surface area contributed by atoms with E-state index in [0.29, 0.717) is 0 Å². The standard InChI is InChI=1S/C21H26F3N3O2S/c1-15-14-26(19-18(21(22,23)24)6-5-11-25-19)12-13-27(15)30(28,29)17-9-7-16(8-10-17)20(2,3)4/h5-11,15H,12-14H2,1-4H3/t15-/m1/s1. The van der Waals surface area contributed by atoms with Crippen LogP contribution in [0.2, 0.25) is 0 Å². The van der Waals surface area contributed by atoms with E-state index in [1.807, 2.05) is 20.8 Å². The SMILES string of the molecule is C[C@@H]1CN(c2ncccc2C(F)(F)F)CCN1S(=O)(=O)c1ccc(C(C)(C)C)cc1. The van der Waals surface area contributed by atoms with Gasteiger partial charge in [0.05, 0.1) is 10.5 Å². The van der Waals surface area contributed by atoms with Crippen molar-refractivity contribution in [3.05, 3.63) is 53.7 Å². The van der Waals surface area contributed by atoms with Gasteiger partial charge in [0.1, 0.15) is 5.82 Å². The summed E-state index contributed by atoms with van der Waals surface area (Å²) in [7, 11) is -3.75. The highest BCUT2D eigenvalue weighted by Gasteiger charge is 2.39. The molecule has 1 aliphatic rings. The third-order valence-electron chi connectivity index (χ3n) is 5.29. The molecule has 0 spiro atoms. The molecule has 164 valence electrons. The molecule has 2 aromatic rings. The highest BCUT2D eigenvalue weighted by atomic mass is 32.2. The Hall–Kier alpha value is -2.13. The maximum atomic E-state index is 13.3. The number of piperazine rings is 1. The van der Waals surface area contributed by atoms with E-state index in [2.05, 4.69) is 4.98 Å². The van der Waals surface area contributed by atoms with E-state index >= 15 is 0 Å². The average Bonchev–Trinajstić information content (AvgIpc) is 2.66. The fourth-order valence-corrected chi connectivity index (χ4v) is 5.24. The largest absolute Gasteiger partial charge is 0.419 e. The first kappa shape index (κ1) is 22.6. The molecule has 1 fully saturated rings. The molecular weight excluding hydrogens is 415 g/mol. The van der Waals surface area contributed by atoms with Gasteiger partial charge >= 0.3 is 6.18 Å². The predicted octanol–water partition coefficient (Wildman–Crippen LogP) is 4.30. The molecule has 0 saturated carbocycles. The summed E-state index contributed by atoms with van der Waals surface area (Å²) in [5.74, 6) is -0.163. The van der Waals surface area contributed by atoms with Gasteiger partial charge in [-0.15, -0.1) is 0 Å². The van der Waals surface area contributed by atoms with Crippen LogP contribution >= 0.6 is 0 Å². The second kappa shape index (κ2) is 7.85. The first-order valence-electron chi connectivity index (χ1n) is 9.71. The van der Waals surface area contributed by atoms with Crippen LogP contribution in [0.1, 0.15) is 38.8 Å². The van der Waals surface area contributed by atoms with Crippen LogP contribution in [0.5, 0.6) is 0 Å². The Bertz CT molecular complexity index is 999. The van der Waals surface area contributed by atoms with Gasteiger partial charge in [-0.2, -0.15) is 17.5 Å². The Kier molecular flexibility index (Phi) is 5.90. The van der Waals surface area contributed by atoms with Crippen LogP contribution in [0.3, 0.4) is 0 Å². The Morgan fingerprint density at radius 3 is 2.20 bits per heavy atom. The van der Waals surface area contributed by atoms with Gasteiger partial charge in [0.2, 0.25) is 10.0 Å². The number of hydrogen-bond acceptors (Lipinski definition) is 4. The summed E-state index contributed by atoms with van der Waals surface area (Å²) in [6.07, 6.45) is -3.21. The number of alkyl halides is 3. The molecule has 30 heavy (non-hydrogen) atoms. The maximum Gasteiger partial charge on any atom is 0.419 e. The third kappa shape index (κ3) is 4.46. The number of nitrogens with zero attached hydrogens (tertiary/aromatic N) is 3. The van der Waals surface area contributed by atoms with Crippen molar-refractivity contribution >= 4 is 15.8 Å². The summed E-state index contributed by atoms with van der Waals surface area (Å²) in [6, 6.07) is 8.53. The zero-order valence-electron chi connectivity index (χ0n) is 17.4. The van der Waals surface area contributed by atoms with Crippen molar-refractivity contribution in [2.45, 2.75) is 50.2 Å². The molecule has 3 rings (SSSR count). The summed E-state index contributed by atoms with van der Waals surface area (Å²) in [5, 5.41) is 0. The molecule has 1 aliphatic heterocycles. The van der Waals surface area contributed by atoms with E-state index in [0.717, 1.165) is 11.6 Å². The highest BCUT2D eigenvalue weighted by Crippen LogP contribution is 2.36. The molecule has 1 saturated heterocycles. The number of sulfonamides is 1. The Morgan fingerprint density at radius 1 is 1.03 bits per heavy atom. The van der Waals surface area contributed by atoms with Crippen molar-refractivity contribution in [1.29, 1.82) is 0 Å². The van der Waals surface area contributed by atoms with Crippen LogP contribution in [-0.4, -0.2) is 43.4 Å². The number of halogens is 3. The molecule has 0 aliphatic carbocycles. The molecule has 0 bridgehead atoms. The maximum absolute atomic E-state index is 13.3. The van der Waals surface area contributed by atoms with E-state index in [4.69, 9.17) is 0 Å². The number of anilines is 1. The molecule has 0 radical (unpaired) electrons. The van der Waals surface area contributed by atoms with Gasteiger partial charge in [0.15, 0.2) is 0 Å². The number of benzene rings is 1. The fourth-order valence-electron chi connectivity index (χ4n) is 3.62. The van der Waals surface area contributed by atoms with E-state index < -0.39 is 27.8 Å². The average molecular weight is 442 g/mol. The molecule has 1 aromatic heterocycles. The smallest absolute Gasteiger partial charge is 0.353 e. The zero-order chi connectivity index (χ0) is 22.3. The molecule has 1 atom stereocenters. The van der Waals surface area contributed by atoms with Gasteiger partial charge in [0, 0.05) is 31.9 Å². The summed E-state index contributed by atoms with van der Waals surface area (Å²) in [6.45, 7) is 8.17. The van der Waals surface area contributed by atoms with Crippen LogP contribution in [0.25, 0.3) is 0 Å². The summed E-state index contributed by atoms with van der Waals surface area (Å²) < 4.78 is 67.6. The number of pyridine rings is 1. The van der Waals surface area contributed by atoms with Crippen molar-refractivity contribution in [3.63, 3.8) is 0 Å². The molecular formula is C21H26F3N3O2S. The summed E-state index contributed by atoms with van der Waals surface area (Å²) >= 11 is 0. The van der Waals surface area contributed by atoms with Crippen molar-refractivity contribution in [2.24, 2.45) is 0 Å². The number of aromatic nitrogens is 1. The van der Waals surface area contributed by atoms with Gasteiger partial charge in [0.25, 0.3) is 0 Å². The molecule has 0 N–H and O–H groups in total. The number of rotatable bonds is 3. The van der Waals surface area contributed by atoms with Crippen LogP contribution in [0.15, 0.2) is 47.5 Å². The van der Waals surface area contributed by atoms with Crippen LogP contribution in [0.4, 0.5) is 19.0 Å². The van der Waals surface area contributed by atoms with E-state index in [1.165, 1.54) is 21.5 Å². The zero-order valence-corrected chi connectivity index (χ0v) is 18.3. The molecule has 9 heteroatoms. The summed E-state index contributed by atoms with van der Waals surface area (Å²) in [4.78, 5) is 5.61. The van der Waals surface area contributed by atoms with Crippen LogP contribution in [0, 0.1) is 0 Å². The normalized spacial score (nSPS) is 19.2. The first-order chi connectivity index (χ1) is 13.8.